The molecule has 0 bridgehead atoms. The molecule has 0 saturated heterocycles. The molecule has 15 heavy (non-hydrogen) atoms. The number of hydrogen-bond acceptors (Lipinski definition) is 7. The van der Waals surface area contributed by atoms with E-state index < -0.39 is 24.0 Å². The summed E-state index contributed by atoms with van der Waals surface area (Å²) < 4.78 is 0. The van der Waals surface area contributed by atoms with Crippen LogP contribution in [0.3, 0.4) is 0 Å². The second-order valence-corrected chi connectivity index (χ2v) is 5.01. The van der Waals surface area contributed by atoms with Crippen molar-refractivity contribution < 1.29 is 19.8 Å². The predicted octanol–water partition coefficient (Wildman–Crippen LogP) is -0.646. The van der Waals surface area contributed by atoms with Gasteiger partial charge < -0.3 is 27.8 Å². The van der Waals surface area contributed by atoms with E-state index >= 15 is 0 Å². The van der Waals surface area contributed by atoms with Gasteiger partial charge in [-0.1, -0.05) is 21.6 Å². The fourth-order valence-electron chi connectivity index (χ4n) is 0.385. The number of carbonyl (C=O) groups is 2. The molecule has 0 unspecified atom stereocenters. The molecule has 0 aliphatic heterocycles. The molecule has 0 spiro atoms. The van der Waals surface area contributed by atoms with E-state index in [1.54, 1.807) is 0 Å². The van der Waals surface area contributed by atoms with E-state index in [9.17, 15) is 9.59 Å². The van der Waals surface area contributed by atoms with E-state index in [0.29, 0.717) is 0 Å². The van der Waals surface area contributed by atoms with Gasteiger partial charge in [-0.05, 0) is 0 Å². The van der Waals surface area contributed by atoms with Crippen molar-refractivity contribution in [3.63, 3.8) is 0 Å². The van der Waals surface area contributed by atoms with E-state index in [1.165, 1.54) is 21.6 Å². The Morgan fingerprint density at radius 1 is 1.00 bits per heavy atom. The molecule has 0 aromatic rings. The van der Waals surface area contributed by atoms with Crippen LogP contribution in [0.25, 0.3) is 0 Å². The van der Waals surface area contributed by atoms with Gasteiger partial charge in [-0.25, -0.2) is 0 Å². The quantitative estimate of drug-likeness (QED) is 0.294. The highest BCUT2D eigenvalue weighted by atomic mass is 33.1. The normalized spacial score (nSPS) is 13.7. The minimum absolute atomic E-state index is 0. The van der Waals surface area contributed by atoms with Gasteiger partial charge in [0, 0.05) is 11.5 Å². The zero-order chi connectivity index (χ0) is 11.1. The molecule has 0 heterocycles. The van der Waals surface area contributed by atoms with E-state index in [1.807, 2.05) is 0 Å². The third-order valence-corrected chi connectivity index (χ3v) is 3.69. The first kappa shape index (κ1) is 16.9. The lowest BCUT2D eigenvalue weighted by Gasteiger charge is -2.07. The number of hydrogen-bond donors (Lipinski definition) is 5. The van der Waals surface area contributed by atoms with Gasteiger partial charge in [-0.3, -0.25) is 9.59 Å². The van der Waals surface area contributed by atoms with Crippen molar-refractivity contribution in [1.82, 2.24) is 6.15 Å². The molecule has 0 aromatic carbocycles. The van der Waals surface area contributed by atoms with Gasteiger partial charge in [0.25, 0.3) is 0 Å². The van der Waals surface area contributed by atoms with Crippen molar-refractivity contribution in [2.75, 3.05) is 11.5 Å². The highest BCUT2D eigenvalue weighted by Crippen LogP contribution is 2.22. The van der Waals surface area contributed by atoms with Crippen LogP contribution in [-0.4, -0.2) is 45.7 Å². The standard InChI is InChI=1S/C6H12N2O4S2.H3N/c7-3(5(9)10)1-13-14-2-4(8)6(11)12;/h3-4H,1-2,7-8H2,(H,9,10)(H,11,12);1H3/t3-,4-;/m0./s1. The van der Waals surface area contributed by atoms with Crippen LogP contribution in [0.2, 0.25) is 0 Å². The molecule has 0 aliphatic rings. The number of aliphatic carboxylic acids is 2. The van der Waals surface area contributed by atoms with Crippen molar-refractivity contribution in [2.24, 2.45) is 11.5 Å². The maximum atomic E-state index is 10.3. The molecule has 0 rings (SSSR count). The summed E-state index contributed by atoms with van der Waals surface area (Å²) in [6, 6.07) is -1.85. The lowest BCUT2D eigenvalue weighted by Crippen LogP contribution is -2.33. The zero-order valence-corrected chi connectivity index (χ0v) is 9.59. The first-order chi connectivity index (χ1) is 6.45. The van der Waals surface area contributed by atoms with Gasteiger partial charge in [-0.2, -0.15) is 0 Å². The number of rotatable bonds is 7. The van der Waals surface area contributed by atoms with E-state index in [-0.39, 0.29) is 17.7 Å². The Hall–Kier alpha value is -0.480. The third-order valence-electron chi connectivity index (χ3n) is 1.21. The molecule has 2 atom stereocenters. The summed E-state index contributed by atoms with van der Waals surface area (Å²) in [5.74, 6) is -1.68. The molecule has 0 fully saturated rings. The highest BCUT2D eigenvalue weighted by molar-refractivity contribution is 8.76. The van der Waals surface area contributed by atoms with Crippen LogP contribution < -0.4 is 17.6 Å². The molecule has 0 amide bonds. The second-order valence-electron chi connectivity index (χ2n) is 2.46. The van der Waals surface area contributed by atoms with Gasteiger partial charge in [0.05, 0.1) is 0 Å². The molecule has 0 saturated carbocycles. The summed E-state index contributed by atoms with van der Waals surface area (Å²) in [4.78, 5) is 20.5. The van der Waals surface area contributed by atoms with Gasteiger partial charge >= 0.3 is 11.9 Å². The minimum atomic E-state index is -1.07. The maximum Gasteiger partial charge on any atom is 0.321 e. The van der Waals surface area contributed by atoms with Gasteiger partial charge in [0.1, 0.15) is 12.1 Å². The summed E-state index contributed by atoms with van der Waals surface area (Å²) >= 11 is 0. The molecule has 0 aromatic heterocycles. The number of carboxylic acid groups (broad SMARTS) is 2. The largest absolute Gasteiger partial charge is 0.480 e. The monoisotopic (exact) mass is 257 g/mol. The van der Waals surface area contributed by atoms with Crippen LogP contribution in [0, 0.1) is 0 Å². The summed E-state index contributed by atoms with van der Waals surface area (Å²) in [7, 11) is 2.41. The van der Waals surface area contributed by atoms with Crippen LogP contribution >= 0.6 is 21.6 Å². The van der Waals surface area contributed by atoms with Crippen LogP contribution in [0.15, 0.2) is 0 Å². The van der Waals surface area contributed by atoms with Crippen LogP contribution in [-0.2, 0) is 9.59 Å². The number of carboxylic acids is 2. The summed E-state index contributed by atoms with van der Waals surface area (Å²) in [6.07, 6.45) is 0. The summed E-state index contributed by atoms with van der Waals surface area (Å²) in [5, 5.41) is 16.8. The van der Waals surface area contributed by atoms with E-state index in [2.05, 4.69) is 0 Å². The van der Waals surface area contributed by atoms with Crippen molar-refractivity contribution in [3.05, 3.63) is 0 Å². The fraction of sp³-hybridized carbons (Fsp3) is 0.667. The van der Waals surface area contributed by atoms with Crippen LogP contribution in [0.5, 0.6) is 0 Å². The van der Waals surface area contributed by atoms with Gasteiger partial charge in [0.2, 0.25) is 0 Å². The predicted molar refractivity (Wildman–Crippen MR) is 61.2 cm³/mol. The Morgan fingerprint density at radius 3 is 1.47 bits per heavy atom. The Morgan fingerprint density at radius 2 is 1.27 bits per heavy atom. The Kier molecular flexibility index (Phi) is 9.93. The fourth-order valence-corrected chi connectivity index (χ4v) is 2.61. The molecular formula is C6H15N3O4S2. The highest BCUT2D eigenvalue weighted by Gasteiger charge is 2.14. The zero-order valence-electron chi connectivity index (χ0n) is 7.96. The lowest BCUT2D eigenvalue weighted by atomic mass is 10.4. The van der Waals surface area contributed by atoms with Crippen molar-refractivity contribution in [3.8, 4) is 0 Å². The molecule has 9 N–H and O–H groups in total. The molecule has 0 aliphatic carbocycles. The topological polar surface area (TPSA) is 162 Å². The van der Waals surface area contributed by atoms with E-state index in [0.717, 1.165) is 0 Å². The Labute approximate surface area is 94.9 Å². The second kappa shape index (κ2) is 8.80. The van der Waals surface area contributed by atoms with E-state index in [4.69, 9.17) is 21.7 Å². The molecule has 0 radical (unpaired) electrons. The SMILES string of the molecule is N.N[C@@H](CSSC[C@H](N)C(=O)O)C(=O)O. The molecular weight excluding hydrogens is 242 g/mol. The average molecular weight is 257 g/mol. The molecule has 90 valence electrons. The van der Waals surface area contributed by atoms with Crippen molar-refractivity contribution >= 4 is 33.5 Å². The minimum Gasteiger partial charge on any atom is -0.480 e. The van der Waals surface area contributed by atoms with Crippen LogP contribution in [0.1, 0.15) is 0 Å². The maximum absolute atomic E-state index is 10.3. The molecule has 7 nitrogen and oxygen atoms in total. The summed E-state index contributed by atoms with van der Waals surface area (Å²) in [5.41, 5.74) is 10.4. The summed E-state index contributed by atoms with van der Waals surface area (Å²) in [6.45, 7) is 0. The number of nitrogens with two attached hydrogens (primary N) is 2. The first-order valence-electron chi connectivity index (χ1n) is 3.66. The van der Waals surface area contributed by atoms with Gasteiger partial charge in [0.15, 0.2) is 0 Å². The van der Waals surface area contributed by atoms with Crippen molar-refractivity contribution in [2.45, 2.75) is 12.1 Å². The smallest absolute Gasteiger partial charge is 0.321 e. The third kappa shape index (κ3) is 8.51. The van der Waals surface area contributed by atoms with Crippen molar-refractivity contribution in [1.29, 1.82) is 0 Å². The first-order valence-corrected chi connectivity index (χ1v) is 6.15. The lowest BCUT2D eigenvalue weighted by molar-refractivity contribution is -0.138. The van der Waals surface area contributed by atoms with Crippen LogP contribution in [0.4, 0.5) is 0 Å². The molecule has 9 heteroatoms. The van der Waals surface area contributed by atoms with Gasteiger partial charge in [-0.15, -0.1) is 0 Å². The Bertz CT molecular complexity index is 195. The Balaban J connectivity index is 0. The average Bonchev–Trinajstić information content (AvgIpc) is 2.11.